The summed E-state index contributed by atoms with van der Waals surface area (Å²) in [6, 6.07) is 6.54. The van der Waals surface area contributed by atoms with E-state index < -0.39 is 14.2 Å². The summed E-state index contributed by atoms with van der Waals surface area (Å²) in [5.41, 5.74) is 0.340. The van der Waals surface area contributed by atoms with Crippen molar-refractivity contribution in [2.45, 2.75) is 104 Å². The summed E-state index contributed by atoms with van der Waals surface area (Å²) < 4.78 is 22.9. The molecule has 7 heteroatoms. The van der Waals surface area contributed by atoms with Gasteiger partial charge in [0, 0.05) is 0 Å². The molecule has 1 aromatic rings. The molecule has 0 aliphatic heterocycles. The molecule has 0 spiro atoms. The molecule has 1 aromatic carbocycles. The van der Waals surface area contributed by atoms with Crippen LogP contribution in [-0.2, 0) is 16.1 Å². The first kappa shape index (κ1) is 28.0. The van der Waals surface area contributed by atoms with E-state index in [1.165, 1.54) is 77.6 Å². The van der Waals surface area contributed by atoms with Crippen LogP contribution in [0.1, 0.15) is 104 Å². The molecule has 1 rings (SSSR count). The van der Waals surface area contributed by atoms with E-state index in [0.717, 1.165) is 19.3 Å². The van der Waals surface area contributed by atoms with Gasteiger partial charge in [-0.3, -0.25) is 0 Å². The Kier molecular flexibility index (Phi) is 15.8. The van der Waals surface area contributed by atoms with E-state index in [1.54, 1.807) is 24.3 Å². The molecule has 0 aliphatic carbocycles. The van der Waals surface area contributed by atoms with Gasteiger partial charge in [-0.25, -0.2) is 0 Å². The number of amides is 1. The van der Waals surface area contributed by atoms with Crippen LogP contribution in [0.25, 0.3) is 0 Å². The minimum absolute atomic E-state index is 0.212. The third-order valence-electron chi connectivity index (χ3n) is 5.38. The van der Waals surface area contributed by atoms with Crippen molar-refractivity contribution in [2.24, 2.45) is 0 Å². The van der Waals surface area contributed by atoms with Gasteiger partial charge in [0.1, 0.15) is 0 Å². The number of para-hydroxylation sites is 1. The van der Waals surface area contributed by atoms with Crippen LogP contribution in [0.3, 0.4) is 0 Å². The van der Waals surface area contributed by atoms with Gasteiger partial charge in [-0.1, -0.05) is 32.6 Å². The summed E-state index contributed by atoms with van der Waals surface area (Å²) in [6.07, 6.45) is 17.6. The zero-order valence-electron chi connectivity index (χ0n) is 19.4. The first-order valence-corrected chi connectivity index (χ1v) is 15.2. The summed E-state index contributed by atoms with van der Waals surface area (Å²) in [5, 5.41) is 11.8. The van der Waals surface area contributed by atoms with E-state index in [2.05, 4.69) is 16.1 Å². The predicted octanol–water partition coefficient (Wildman–Crippen LogP) is 6.21. The zero-order valence-corrected chi connectivity index (χ0v) is 21.3. The van der Waals surface area contributed by atoms with Gasteiger partial charge in [0.05, 0.1) is 0 Å². The first-order valence-electron chi connectivity index (χ1n) is 12.0. The average Bonchev–Trinajstić information content (AvgIpc) is 2.76. The summed E-state index contributed by atoms with van der Waals surface area (Å²) in [7, 11) is 0. The number of carbonyl (C=O) groups is 1. The Hall–Kier alpha value is -1.07. The predicted molar refractivity (Wildman–Crippen MR) is 127 cm³/mol. The third-order valence-corrected chi connectivity index (χ3v) is 8.98. The second kappa shape index (κ2) is 17.5. The normalized spacial score (nSPS) is 13.1. The van der Waals surface area contributed by atoms with Crippen LogP contribution in [0, 0.1) is 0 Å². The molecule has 0 saturated carbocycles. The molecule has 1 unspecified atom stereocenters. The van der Waals surface area contributed by atoms with Crippen LogP contribution in [0.4, 0.5) is 5.69 Å². The van der Waals surface area contributed by atoms with Crippen molar-refractivity contribution >= 4 is 30.1 Å². The van der Waals surface area contributed by atoms with Crippen molar-refractivity contribution in [1.82, 2.24) is 0 Å². The number of hydrogen-bond donors (Lipinski definition) is 2. The molecule has 0 fully saturated rings. The molecule has 2 N–H and O–H groups in total. The third kappa shape index (κ3) is 12.5. The van der Waals surface area contributed by atoms with Gasteiger partial charge in [-0.05, 0) is 0 Å². The fourth-order valence-corrected chi connectivity index (χ4v) is 6.43. The molecule has 1 amide bonds. The summed E-state index contributed by atoms with van der Waals surface area (Å²) in [5.74, 6) is -0.292. The first-order chi connectivity index (χ1) is 15.0. The van der Waals surface area contributed by atoms with Crippen LogP contribution < -0.4 is 9.67 Å². The molecular weight excluding hydrogens is 457 g/mol. The van der Waals surface area contributed by atoms with Gasteiger partial charge in [0.2, 0.25) is 0 Å². The zero-order chi connectivity index (χ0) is 22.8. The van der Waals surface area contributed by atoms with E-state index in [-0.39, 0.29) is 16.9 Å². The van der Waals surface area contributed by atoms with E-state index in [9.17, 15) is 13.8 Å². The SMILES string of the molecule is CCCCCCCCCCCCCCCCO[As](=O)(OO)c1ccccc1NC(C)=O. The van der Waals surface area contributed by atoms with Crippen LogP contribution in [0.15, 0.2) is 24.3 Å². The molecule has 0 heterocycles. The maximum absolute atomic E-state index is 12.9. The standard InChI is InChI=1S/C24H42AsNO5/c1-3-4-5-6-7-8-9-10-11-12-13-14-15-18-21-30-25(28,31-29)23-19-16-17-20-24(23)26-22(2)27/h16-17,19-20,29H,3-15,18,21H2,1-2H3,(H,26,27). The van der Waals surface area contributed by atoms with Crippen molar-refractivity contribution in [2.75, 3.05) is 11.9 Å². The molecule has 178 valence electrons. The summed E-state index contributed by atoms with van der Waals surface area (Å²) >= 11 is -4.62. The molecule has 0 radical (unpaired) electrons. The Labute approximate surface area is 191 Å². The van der Waals surface area contributed by atoms with Crippen molar-refractivity contribution in [3.05, 3.63) is 24.3 Å². The summed E-state index contributed by atoms with van der Waals surface area (Å²) in [4.78, 5) is 11.3. The Morgan fingerprint density at radius 3 is 1.84 bits per heavy atom. The number of hydrogen-bond acceptors (Lipinski definition) is 5. The van der Waals surface area contributed by atoms with Crippen molar-refractivity contribution in [3.63, 3.8) is 0 Å². The topological polar surface area (TPSA) is 84.9 Å². The monoisotopic (exact) mass is 499 g/mol. The Balaban J connectivity index is 2.14. The fraction of sp³-hybridized carbons (Fsp3) is 0.708. The number of anilines is 1. The minimum atomic E-state index is -4.62. The van der Waals surface area contributed by atoms with Crippen molar-refractivity contribution in [3.8, 4) is 0 Å². The molecule has 0 saturated heterocycles. The van der Waals surface area contributed by atoms with E-state index in [1.807, 2.05) is 0 Å². The molecule has 1 atom stereocenters. The molecule has 6 nitrogen and oxygen atoms in total. The van der Waals surface area contributed by atoms with Gasteiger partial charge < -0.3 is 0 Å². The van der Waals surface area contributed by atoms with Crippen LogP contribution in [-0.4, -0.2) is 31.9 Å². The van der Waals surface area contributed by atoms with Gasteiger partial charge in [0.25, 0.3) is 0 Å². The maximum atomic E-state index is 12.9. The van der Waals surface area contributed by atoms with Crippen LogP contribution >= 0.6 is 0 Å². The van der Waals surface area contributed by atoms with E-state index in [4.69, 9.17) is 3.73 Å². The van der Waals surface area contributed by atoms with E-state index >= 15 is 0 Å². The Bertz CT molecular complexity index is 653. The molecule has 0 aromatic heterocycles. The molecule has 31 heavy (non-hydrogen) atoms. The van der Waals surface area contributed by atoms with E-state index in [0.29, 0.717) is 5.69 Å². The molecule has 0 aliphatic rings. The summed E-state index contributed by atoms with van der Waals surface area (Å²) in [6.45, 7) is 3.87. The van der Waals surface area contributed by atoms with Gasteiger partial charge in [-0.15, -0.1) is 0 Å². The van der Waals surface area contributed by atoms with Crippen molar-refractivity contribution < 1.29 is 21.4 Å². The number of benzene rings is 1. The Morgan fingerprint density at radius 2 is 1.35 bits per heavy atom. The second-order valence-electron chi connectivity index (χ2n) is 8.21. The van der Waals surface area contributed by atoms with Gasteiger partial charge >= 0.3 is 159 Å². The number of nitrogens with one attached hydrogen (secondary N) is 1. The van der Waals surface area contributed by atoms with Gasteiger partial charge in [-0.2, -0.15) is 0 Å². The molecular formula is C24H42AsNO5. The fourth-order valence-electron chi connectivity index (χ4n) is 3.63. The Morgan fingerprint density at radius 1 is 0.871 bits per heavy atom. The number of rotatable bonds is 19. The van der Waals surface area contributed by atoms with Crippen LogP contribution in [0.2, 0.25) is 0 Å². The molecule has 0 bridgehead atoms. The quantitative estimate of drug-likeness (QED) is 0.102. The van der Waals surface area contributed by atoms with Crippen molar-refractivity contribution in [1.29, 1.82) is 0 Å². The van der Waals surface area contributed by atoms with Gasteiger partial charge in [0.15, 0.2) is 0 Å². The van der Waals surface area contributed by atoms with Crippen LogP contribution in [0.5, 0.6) is 0 Å². The number of carbonyl (C=O) groups excluding carboxylic acids is 1. The second-order valence-corrected chi connectivity index (χ2v) is 12.2. The number of unbranched alkanes of at least 4 members (excludes halogenated alkanes) is 13. The average molecular weight is 500 g/mol.